The van der Waals surface area contributed by atoms with E-state index in [1.54, 1.807) is 56.6 Å². The molecule has 9 aliphatic rings. The van der Waals surface area contributed by atoms with Crippen LogP contribution in [0.5, 0.6) is 17.4 Å². The highest BCUT2D eigenvalue weighted by atomic mass is 35.5. The van der Waals surface area contributed by atoms with E-state index in [1.165, 1.54) is 78.8 Å². The molecule has 0 aliphatic carbocycles. The predicted molar refractivity (Wildman–Crippen MR) is 473 cm³/mol. The van der Waals surface area contributed by atoms with Crippen LogP contribution in [0.3, 0.4) is 0 Å². The van der Waals surface area contributed by atoms with Crippen molar-refractivity contribution in [2.45, 2.75) is 197 Å². The molecular weight excluding hydrogens is 1850 g/mol. The number of methoxy groups -OCH3 is 2. The van der Waals surface area contributed by atoms with Gasteiger partial charge in [-0.05, 0) is 223 Å². The maximum Gasteiger partial charge on any atom is 0.456 e. The first-order chi connectivity index (χ1) is 64.3. The Kier molecular flexibility index (Phi) is 27.4. The number of amides is 4. The third kappa shape index (κ3) is 19.2. The predicted octanol–water partition coefficient (Wildman–Crippen LogP) is 16.7. The molecule has 5 fully saturated rings. The molecule has 742 valence electrons. The number of Topliss-reactive ketones (excluding diaryl/α,β-unsaturated/α-hetero) is 2. The summed E-state index contributed by atoms with van der Waals surface area (Å²) in [6, 6.07) is 22.0. The lowest BCUT2D eigenvalue weighted by molar-refractivity contribution is -0.145. The fraction of sp³-hybridized carbons (Fsp3) is 0.521. The van der Waals surface area contributed by atoms with Crippen LogP contribution in [-0.4, -0.2) is 252 Å². The van der Waals surface area contributed by atoms with Gasteiger partial charge in [-0.15, -0.1) is 0 Å². The van der Waals surface area contributed by atoms with E-state index in [4.69, 9.17) is 25.8 Å². The summed E-state index contributed by atoms with van der Waals surface area (Å²) in [4.78, 5) is 101. The van der Waals surface area contributed by atoms with Crippen molar-refractivity contribution in [2.75, 3.05) is 125 Å². The Labute approximate surface area is 785 Å². The number of anilines is 1. The Morgan fingerprint density at radius 3 is 1.50 bits per heavy atom. The Bertz CT molecular complexity index is 6080. The molecule has 5 saturated heterocycles. The van der Waals surface area contributed by atoms with E-state index >= 15 is 0 Å². The first-order valence-electron chi connectivity index (χ1n) is 45.1. The average molecular weight is 1960 g/mol. The number of rotatable bonds is 11. The summed E-state index contributed by atoms with van der Waals surface area (Å²) in [5, 5.41) is 8.12. The lowest BCUT2D eigenvalue weighted by Crippen LogP contribution is -2.63. The minimum atomic E-state index is -5.01. The maximum absolute atomic E-state index is 13.6. The number of likely N-dealkylation sites (N-methyl/N-ethyl adjacent to an activating group) is 3. The van der Waals surface area contributed by atoms with E-state index < -0.39 is 104 Å². The number of alkyl halides is 15. The van der Waals surface area contributed by atoms with Crippen molar-refractivity contribution in [2.24, 2.45) is 0 Å². The quantitative estimate of drug-likeness (QED) is 0.0937. The van der Waals surface area contributed by atoms with E-state index in [-0.39, 0.29) is 85.1 Å². The molecule has 0 unspecified atom stereocenters. The molecule has 16 heterocycles. The summed E-state index contributed by atoms with van der Waals surface area (Å²) in [6.07, 6.45) is -16.0. The van der Waals surface area contributed by atoms with Crippen LogP contribution in [0.1, 0.15) is 207 Å². The molecule has 26 nitrogen and oxygen atoms in total. The van der Waals surface area contributed by atoms with Gasteiger partial charge in [0, 0.05) is 158 Å². The minimum Gasteiger partial charge on any atom is -0.496 e. The number of fused-ring (bicyclic) bond motifs is 9. The molecule has 1 N–H and O–H groups in total. The molecule has 9 aromatic rings. The number of hydrogen-bond donors (Lipinski definition) is 1. The number of piperidine rings is 4. The normalized spacial score (nSPS) is 19.2. The second kappa shape index (κ2) is 37.5. The van der Waals surface area contributed by atoms with Crippen LogP contribution in [0, 0.1) is 19.7 Å². The van der Waals surface area contributed by atoms with Crippen molar-refractivity contribution in [3.63, 3.8) is 0 Å². The van der Waals surface area contributed by atoms with E-state index in [0.717, 1.165) is 62.8 Å². The summed E-state index contributed by atoms with van der Waals surface area (Å²) >= 11 is 6.37. The van der Waals surface area contributed by atoms with Crippen molar-refractivity contribution in [1.29, 1.82) is 0 Å². The van der Waals surface area contributed by atoms with E-state index in [9.17, 15) is 99.0 Å². The molecule has 4 amide bonds. The third-order valence-electron chi connectivity index (χ3n) is 28.3. The number of carbonyl (C=O) groups excluding carboxylic acids is 6. The second-order valence-electron chi connectivity index (χ2n) is 37.3. The highest BCUT2D eigenvalue weighted by Gasteiger charge is 2.55. The van der Waals surface area contributed by atoms with Crippen LogP contribution in [0.25, 0.3) is 5.65 Å². The number of aryl methyl sites for hydroxylation is 2. The zero-order valence-electron chi connectivity index (χ0n) is 77.2. The van der Waals surface area contributed by atoms with Crippen LogP contribution in [0.2, 0.25) is 5.02 Å². The van der Waals surface area contributed by atoms with E-state index in [1.807, 2.05) is 61.8 Å². The number of nitrogens with zero attached hydrogens (tertiary/aromatic N) is 16. The largest absolute Gasteiger partial charge is 0.496 e. The molecule has 7 aromatic heterocycles. The standard InChI is InChI=1S/C25H30F3N7O.C24H25F6N3O3.C23H28ClF3N4O3.C22H23F4N3O2.H2/c1-17-15-21(32-9-3-4-10-32)35-22(30-17)18(16-29-35)23(36)33-11-7-24(8-12-33)19-5-6-20(25(26,27)28)34(19)14-13-31(24)2;1-21(2)13-33-16(19(34)24(28,29)30)5-7-18(33)22(31-21)8-10-32(11-9-22)20(35)14-4-6-17(36-3)15(12-14)23(25,26)27;1-14(2)34-17-6-5-16(28-20(17)33-4)21(32)30-9-7-22(8-10-30)19-15(24)13-18(23(25,26)27)31(19)12-11-29(22)3;1-14-13-15(3-4-16(14)23)20(31)28-9-7-21(8-10-28)18-6-5-17(19(30)22(24,25)26)29(18)12-11-27(21)2;/h5-6,15-16H,3-4,7-14H2,1-2H3;4-7,12,31H,8-11,13H2,1-3H3;5-6,13-14H,7-12H2,1-4H3;3-6,13H,7-12H2,1-2H3;1H. The summed E-state index contributed by atoms with van der Waals surface area (Å²) in [6.45, 7) is 18.1. The fourth-order valence-corrected chi connectivity index (χ4v) is 21.7. The number of halogens is 17. The van der Waals surface area contributed by atoms with Crippen molar-refractivity contribution >= 4 is 58.3 Å². The van der Waals surface area contributed by atoms with Crippen LogP contribution >= 0.6 is 11.6 Å². The van der Waals surface area contributed by atoms with Gasteiger partial charge in [0.15, 0.2) is 11.4 Å². The van der Waals surface area contributed by atoms with E-state index in [0.29, 0.717) is 174 Å². The molecule has 9 aliphatic heterocycles. The lowest BCUT2D eigenvalue weighted by Gasteiger charge is -2.51. The van der Waals surface area contributed by atoms with Gasteiger partial charge in [0.25, 0.3) is 41.1 Å². The molecule has 2 aromatic carbocycles. The number of aromatic nitrogens is 8. The Hall–Kier alpha value is -11.2. The molecular formula is C94H108ClF16N17O9. The number of ketones is 2. The smallest absolute Gasteiger partial charge is 0.456 e. The second-order valence-corrected chi connectivity index (χ2v) is 37.7. The van der Waals surface area contributed by atoms with Gasteiger partial charge in [0.05, 0.1) is 76.3 Å². The van der Waals surface area contributed by atoms with E-state index in [2.05, 4.69) is 40.0 Å². The Morgan fingerprint density at radius 2 is 0.964 bits per heavy atom. The number of pyridine rings is 1. The van der Waals surface area contributed by atoms with Crippen molar-refractivity contribution in [1.82, 2.24) is 77.5 Å². The molecule has 137 heavy (non-hydrogen) atoms. The summed E-state index contributed by atoms with van der Waals surface area (Å²) in [7, 11) is 8.36. The highest BCUT2D eigenvalue weighted by Crippen LogP contribution is 2.51. The zero-order valence-corrected chi connectivity index (χ0v) is 78.0. The van der Waals surface area contributed by atoms with Gasteiger partial charge in [-0.1, -0.05) is 11.6 Å². The van der Waals surface area contributed by atoms with Gasteiger partial charge in [0.2, 0.25) is 0 Å². The molecule has 4 spiro atoms. The van der Waals surface area contributed by atoms with Crippen molar-refractivity contribution in [3.05, 3.63) is 199 Å². The number of benzene rings is 2. The SMILES string of the molecule is COc1ccc(C(=O)N2CCC3(CC2)NC(C)(C)Cn2c(C(=O)C(F)(F)F)ccc23)cc1C(F)(F)F.COc1nc(C(=O)N2CCC3(CC2)c2c(Cl)cc(C(F)(F)F)n2CCN3C)ccc1OC(C)C.Cc1cc(C(=O)N2CCC3(CC2)c2ccc(C(=O)C(F)(F)F)n2CCN3C)ccc1F.Cc1cc(N2CCCC2)n2ncc(C(=O)N3CCC4(CC3)c3ccc(C(F)(F)F)n3CCN4C)c2n1.[HH]. The topological polar surface area (TPSA) is 231 Å². The number of hydrogen-bond acceptors (Lipinski definition) is 17. The Balaban J connectivity index is 0.000000147. The van der Waals surface area contributed by atoms with Gasteiger partial charge in [-0.25, -0.2) is 14.4 Å². The molecule has 43 heteroatoms. The molecule has 0 bridgehead atoms. The monoisotopic (exact) mass is 1960 g/mol. The molecule has 0 saturated carbocycles. The van der Waals surface area contributed by atoms with Crippen LogP contribution < -0.4 is 24.4 Å². The summed E-state index contributed by atoms with van der Waals surface area (Å²) in [5.41, 5.74) is -1.22. The zero-order chi connectivity index (χ0) is 99.3. The third-order valence-corrected chi connectivity index (χ3v) is 28.6. The van der Waals surface area contributed by atoms with Gasteiger partial charge in [0.1, 0.15) is 40.0 Å². The van der Waals surface area contributed by atoms with Crippen LogP contribution in [-0.2, 0) is 66.9 Å². The minimum absolute atomic E-state index is 0. The molecule has 0 radical (unpaired) electrons. The highest BCUT2D eigenvalue weighted by molar-refractivity contribution is 6.31. The van der Waals surface area contributed by atoms with Crippen molar-refractivity contribution in [3.8, 4) is 17.4 Å². The summed E-state index contributed by atoms with van der Waals surface area (Å²) < 4.78 is 237. The van der Waals surface area contributed by atoms with Gasteiger partial charge in [-0.2, -0.15) is 75.5 Å². The fourth-order valence-electron chi connectivity index (χ4n) is 21.4. The van der Waals surface area contributed by atoms with Crippen LogP contribution in [0.4, 0.5) is 76.1 Å². The number of nitrogens with one attached hydrogen (secondary N) is 1. The lowest BCUT2D eigenvalue weighted by atomic mass is 9.79. The first kappa shape index (κ1) is 100. The average Bonchev–Trinajstić information content (AvgIpc) is 1.55. The number of likely N-dealkylation sites (tertiary alicyclic amines) is 4. The maximum atomic E-state index is 13.6. The first-order valence-corrected chi connectivity index (χ1v) is 45.5. The van der Waals surface area contributed by atoms with Gasteiger partial charge >= 0.3 is 30.9 Å². The number of carbonyl (C=O) groups is 6. The van der Waals surface area contributed by atoms with Crippen LogP contribution in [0.15, 0.2) is 103 Å². The van der Waals surface area contributed by atoms with Gasteiger partial charge < -0.3 is 57.0 Å². The summed E-state index contributed by atoms with van der Waals surface area (Å²) in [5.74, 6) is -4.07. The Morgan fingerprint density at radius 1 is 0.482 bits per heavy atom. The van der Waals surface area contributed by atoms with Gasteiger partial charge in [-0.3, -0.25) is 48.8 Å². The number of ether oxygens (including phenoxy) is 3. The molecule has 0 atom stereocenters. The van der Waals surface area contributed by atoms with Crippen molar-refractivity contribution < 1.29 is 115 Å². The molecule has 18 rings (SSSR count).